The van der Waals surface area contributed by atoms with Crippen LogP contribution < -0.4 is 11.1 Å². The number of para-hydroxylation sites is 2. The van der Waals surface area contributed by atoms with Crippen LogP contribution in [-0.4, -0.2) is 0 Å². The summed E-state index contributed by atoms with van der Waals surface area (Å²) in [6, 6.07) is 35.2. The van der Waals surface area contributed by atoms with Gasteiger partial charge in [0.1, 0.15) is 0 Å². The van der Waals surface area contributed by atoms with E-state index in [1.807, 2.05) is 36.4 Å². The molecular weight excluding hydrogens is 316 g/mol. The van der Waals surface area contributed by atoms with Gasteiger partial charge in [-0.1, -0.05) is 72.8 Å². The van der Waals surface area contributed by atoms with Gasteiger partial charge in [-0.15, -0.1) is 0 Å². The number of anilines is 3. The summed E-state index contributed by atoms with van der Waals surface area (Å²) < 4.78 is 0. The summed E-state index contributed by atoms with van der Waals surface area (Å²) >= 11 is 0. The van der Waals surface area contributed by atoms with Gasteiger partial charge in [0.25, 0.3) is 0 Å². The number of rotatable bonds is 4. The molecule has 0 aliphatic heterocycles. The van der Waals surface area contributed by atoms with Gasteiger partial charge in [-0.3, -0.25) is 0 Å². The molecule has 0 saturated carbocycles. The summed E-state index contributed by atoms with van der Waals surface area (Å²) in [4.78, 5) is 0. The van der Waals surface area contributed by atoms with E-state index in [0.717, 1.165) is 17.1 Å². The average Bonchev–Trinajstić information content (AvgIpc) is 2.71. The molecule has 0 unspecified atom stereocenters. The fraction of sp³-hybridized carbons (Fsp3) is 0. The van der Waals surface area contributed by atoms with Crippen molar-refractivity contribution in [2.45, 2.75) is 0 Å². The van der Waals surface area contributed by atoms with E-state index in [0.29, 0.717) is 0 Å². The summed E-state index contributed by atoms with van der Waals surface area (Å²) in [5.74, 6) is 0. The smallest absolute Gasteiger partial charge is 0.0617 e. The van der Waals surface area contributed by atoms with Crippen molar-refractivity contribution in [1.82, 2.24) is 0 Å². The molecule has 0 fully saturated rings. The van der Waals surface area contributed by atoms with E-state index in [9.17, 15) is 0 Å². The SMILES string of the molecule is Nc1ccccc1Nc1cc(-c2ccccc2)cc(-c2ccccc2)c1. The lowest BCUT2D eigenvalue weighted by Crippen LogP contribution is -1.96. The van der Waals surface area contributed by atoms with Gasteiger partial charge in [0.2, 0.25) is 0 Å². The molecule has 0 radical (unpaired) electrons. The summed E-state index contributed by atoms with van der Waals surface area (Å²) in [5.41, 5.74) is 13.5. The molecule has 2 nitrogen and oxygen atoms in total. The normalized spacial score (nSPS) is 10.5. The number of hydrogen-bond donors (Lipinski definition) is 2. The first kappa shape index (κ1) is 16.0. The van der Waals surface area contributed by atoms with Gasteiger partial charge < -0.3 is 11.1 Å². The van der Waals surface area contributed by atoms with E-state index in [1.165, 1.54) is 22.3 Å². The molecule has 126 valence electrons. The van der Waals surface area contributed by atoms with Crippen molar-refractivity contribution in [2.75, 3.05) is 11.1 Å². The zero-order valence-electron chi connectivity index (χ0n) is 14.4. The Balaban J connectivity index is 1.82. The minimum absolute atomic E-state index is 0.735. The highest BCUT2D eigenvalue weighted by Crippen LogP contribution is 2.32. The molecule has 4 rings (SSSR count). The molecule has 26 heavy (non-hydrogen) atoms. The Labute approximate surface area is 153 Å². The van der Waals surface area contributed by atoms with Crippen LogP contribution in [0.2, 0.25) is 0 Å². The van der Waals surface area contributed by atoms with Crippen LogP contribution in [0.15, 0.2) is 103 Å². The lowest BCUT2D eigenvalue weighted by molar-refractivity contribution is 1.52. The maximum Gasteiger partial charge on any atom is 0.0617 e. The highest BCUT2D eigenvalue weighted by atomic mass is 14.9. The minimum atomic E-state index is 0.735. The second-order valence-electron chi connectivity index (χ2n) is 6.24. The van der Waals surface area contributed by atoms with Crippen LogP contribution in [0.3, 0.4) is 0 Å². The van der Waals surface area contributed by atoms with Crippen LogP contribution in [-0.2, 0) is 0 Å². The van der Waals surface area contributed by atoms with Gasteiger partial charge in [0.15, 0.2) is 0 Å². The van der Waals surface area contributed by atoms with Crippen molar-refractivity contribution in [3.63, 3.8) is 0 Å². The summed E-state index contributed by atoms with van der Waals surface area (Å²) in [6.45, 7) is 0. The molecule has 0 aromatic heterocycles. The number of nitrogens with two attached hydrogens (primary N) is 1. The number of nitrogens with one attached hydrogen (secondary N) is 1. The zero-order valence-corrected chi connectivity index (χ0v) is 14.4. The van der Waals surface area contributed by atoms with Crippen LogP contribution in [0.4, 0.5) is 17.1 Å². The second-order valence-corrected chi connectivity index (χ2v) is 6.24. The number of nitrogen functional groups attached to an aromatic ring is 1. The van der Waals surface area contributed by atoms with E-state index >= 15 is 0 Å². The monoisotopic (exact) mass is 336 g/mol. The number of benzene rings is 4. The second kappa shape index (κ2) is 7.16. The maximum absolute atomic E-state index is 6.10. The standard InChI is InChI=1S/C24H20N2/c25-23-13-7-8-14-24(23)26-22-16-20(18-9-3-1-4-10-18)15-21(17-22)19-11-5-2-6-12-19/h1-17,26H,25H2. The van der Waals surface area contributed by atoms with E-state index in [1.54, 1.807) is 0 Å². The summed E-state index contributed by atoms with van der Waals surface area (Å²) in [5, 5.41) is 3.47. The van der Waals surface area contributed by atoms with Crippen molar-refractivity contribution in [2.24, 2.45) is 0 Å². The van der Waals surface area contributed by atoms with Gasteiger partial charge in [-0.25, -0.2) is 0 Å². The van der Waals surface area contributed by atoms with Gasteiger partial charge in [0.05, 0.1) is 11.4 Å². The van der Waals surface area contributed by atoms with Crippen LogP contribution in [0.1, 0.15) is 0 Å². The molecule has 2 heteroatoms. The maximum atomic E-state index is 6.10. The predicted molar refractivity (Wildman–Crippen MR) is 111 cm³/mol. The Morgan fingerprint density at radius 1 is 0.500 bits per heavy atom. The minimum Gasteiger partial charge on any atom is -0.397 e. The molecule has 3 N–H and O–H groups in total. The first-order chi connectivity index (χ1) is 12.8. The highest BCUT2D eigenvalue weighted by Gasteiger charge is 2.07. The molecule has 0 bridgehead atoms. The van der Waals surface area contributed by atoms with Crippen LogP contribution in [0.25, 0.3) is 22.3 Å². The molecule has 0 aliphatic rings. The van der Waals surface area contributed by atoms with Crippen molar-refractivity contribution in [3.05, 3.63) is 103 Å². The number of hydrogen-bond acceptors (Lipinski definition) is 2. The quantitative estimate of drug-likeness (QED) is 0.426. The third-order valence-electron chi connectivity index (χ3n) is 4.39. The largest absolute Gasteiger partial charge is 0.397 e. The Morgan fingerprint density at radius 2 is 1.00 bits per heavy atom. The van der Waals surface area contributed by atoms with E-state index < -0.39 is 0 Å². The molecule has 4 aromatic rings. The third-order valence-corrected chi connectivity index (χ3v) is 4.39. The Morgan fingerprint density at radius 3 is 1.54 bits per heavy atom. The Bertz CT molecular complexity index is 951. The lowest BCUT2D eigenvalue weighted by Gasteiger charge is -2.14. The fourth-order valence-corrected chi connectivity index (χ4v) is 3.06. The predicted octanol–water partition coefficient (Wildman–Crippen LogP) is 6.35. The molecule has 0 saturated heterocycles. The molecular formula is C24H20N2. The van der Waals surface area contributed by atoms with Gasteiger partial charge in [-0.2, -0.15) is 0 Å². The fourth-order valence-electron chi connectivity index (χ4n) is 3.06. The van der Waals surface area contributed by atoms with Crippen molar-refractivity contribution >= 4 is 17.1 Å². The van der Waals surface area contributed by atoms with Gasteiger partial charge >= 0.3 is 0 Å². The molecule has 0 amide bonds. The first-order valence-corrected chi connectivity index (χ1v) is 8.67. The molecule has 0 atom stereocenters. The Hall–Kier alpha value is -3.52. The van der Waals surface area contributed by atoms with Crippen LogP contribution in [0.5, 0.6) is 0 Å². The van der Waals surface area contributed by atoms with Crippen molar-refractivity contribution < 1.29 is 0 Å². The topological polar surface area (TPSA) is 38.0 Å². The van der Waals surface area contributed by atoms with E-state index in [2.05, 4.69) is 72.0 Å². The van der Waals surface area contributed by atoms with E-state index in [4.69, 9.17) is 5.73 Å². The van der Waals surface area contributed by atoms with E-state index in [-0.39, 0.29) is 0 Å². The first-order valence-electron chi connectivity index (χ1n) is 8.67. The summed E-state index contributed by atoms with van der Waals surface area (Å²) in [7, 11) is 0. The summed E-state index contributed by atoms with van der Waals surface area (Å²) in [6.07, 6.45) is 0. The molecule has 0 spiro atoms. The third kappa shape index (κ3) is 3.45. The molecule has 0 heterocycles. The van der Waals surface area contributed by atoms with Gasteiger partial charge in [-0.05, 0) is 52.6 Å². The van der Waals surface area contributed by atoms with Crippen molar-refractivity contribution in [1.29, 1.82) is 0 Å². The van der Waals surface area contributed by atoms with Crippen LogP contribution >= 0.6 is 0 Å². The van der Waals surface area contributed by atoms with Crippen molar-refractivity contribution in [3.8, 4) is 22.3 Å². The van der Waals surface area contributed by atoms with Gasteiger partial charge in [0, 0.05) is 5.69 Å². The molecule has 0 aliphatic carbocycles. The average molecular weight is 336 g/mol. The lowest BCUT2D eigenvalue weighted by atomic mass is 9.98. The van der Waals surface area contributed by atoms with Crippen LogP contribution in [0, 0.1) is 0 Å². The Kier molecular flexibility index (Phi) is 4.40. The zero-order chi connectivity index (χ0) is 17.8. The highest BCUT2D eigenvalue weighted by molar-refractivity contribution is 5.81. The molecule has 4 aromatic carbocycles.